The molecule has 0 radical (unpaired) electrons. The van der Waals surface area contributed by atoms with E-state index < -0.39 is 0 Å². The average Bonchev–Trinajstić information content (AvgIpc) is 2.41. The van der Waals surface area contributed by atoms with Gasteiger partial charge < -0.3 is 5.32 Å². The molecule has 106 valence electrons. The van der Waals surface area contributed by atoms with Crippen LogP contribution in [0.3, 0.4) is 0 Å². The summed E-state index contributed by atoms with van der Waals surface area (Å²) in [5.41, 5.74) is 2.04. The lowest BCUT2D eigenvalue weighted by Crippen LogP contribution is -2.24. The summed E-state index contributed by atoms with van der Waals surface area (Å²) >= 11 is 10.4. The molecule has 0 saturated carbocycles. The average molecular weight is 464 g/mol. The lowest BCUT2D eigenvalue weighted by atomic mass is 10.1. The Hall–Kier alpha value is -0.300. The minimum atomic E-state index is 0.135. The molecule has 0 aliphatic rings. The zero-order valence-electron chi connectivity index (χ0n) is 10.9. The Balaban J connectivity index is 2.24. The highest BCUT2D eigenvalue weighted by atomic mass is 79.9. The van der Waals surface area contributed by atoms with E-state index in [9.17, 15) is 0 Å². The lowest BCUT2D eigenvalue weighted by molar-refractivity contribution is 0.529. The molecule has 0 aromatic carbocycles. The van der Waals surface area contributed by atoms with Crippen molar-refractivity contribution in [3.8, 4) is 0 Å². The Bertz CT molecular complexity index is 572. The van der Waals surface area contributed by atoms with E-state index in [0.29, 0.717) is 0 Å². The smallest absolute Gasteiger partial charge is 0.0719 e. The molecule has 6 heteroatoms. The van der Waals surface area contributed by atoms with E-state index in [1.165, 1.54) is 0 Å². The van der Waals surface area contributed by atoms with Gasteiger partial charge in [-0.25, -0.2) is 0 Å². The summed E-state index contributed by atoms with van der Waals surface area (Å²) in [5, 5.41) is 3.46. The van der Waals surface area contributed by atoms with Crippen molar-refractivity contribution in [2.24, 2.45) is 0 Å². The number of nitrogens with zero attached hydrogens (tertiary/aromatic N) is 2. The number of halogens is 3. The molecule has 0 amide bonds. The second-order valence-electron chi connectivity index (χ2n) is 4.30. The highest BCUT2D eigenvalue weighted by molar-refractivity contribution is 9.11. The third-order valence-electron chi connectivity index (χ3n) is 2.82. The quantitative estimate of drug-likeness (QED) is 0.701. The van der Waals surface area contributed by atoms with Crippen LogP contribution in [0.2, 0.25) is 0 Å². The SMILES string of the molecule is CCNC(Cc1ccc(Br)cn1)c1ncc(Br)cc1Br. The van der Waals surface area contributed by atoms with Crippen molar-refractivity contribution >= 4 is 47.8 Å². The van der Waals surface area contributed by atoms with E-state index in [4.69, 9.17) is 0 Å². The fraction of sp³-hybridized carbons (Fsp3) is 0.286. The van der Waals surface area contributed by atoms with Crippen molar-refractivity contribution in [3.05, 3.63) is 55.4 Å². The summed E-state index contributed by atoms with van der Waals surface area (Å²) in [6.07, 6.45) is 4.44. The molecule has 0 bridgehead atoms. The summed E-state index contributed by atoms with van der Waals surface area (Å²) in [7, 11) is 0. The van der Waals surface area contributed by atoms with Crippen LogP contribution in [0.5, 0.6) is 0 Å². The lowest BCUT2D eigenvalue weighted by Gasteiger charge is -2.18. The van der Waals surface area contributed by atoms with Crippen molar-refractivity contribution in [1.82, 2.24) is 15.3 Å². The number of hydrogen-bond donors (Lipinski definition) is 1. The number of nitrogens with one attached hydrogen (secondary N) is 1. The third kappa shape index (κ3) is 4.35. The molecule has 3 nitrogen and oxygen atoms in total. The summed E-state index contributed by atoms with van der Waals surface area (Å²) in [5.74, 6) is 0. The van der Waals surface area contributed by atoms with Crippen molar-refractivity contribution in [2.45, 2.75) is 19.4 Å². The monoisotopic (exact) mass is 461 g/mol. The molecular formula is C14H14Br3N3. The molecule has 1 atom stereocenters. The topological polar surface area (TPSA) is 37.8 Å². The largest absolute Gasteiger partial charge is 0.309 e. The molecule has 1 N–H and O–H groups in total. The van der Waals surface area contributed by atoms with Crippen molar-refractivity contribution in [3.63, 3.8) is 0 Å². The van der Waals surface area contributed by atoms with Crippen molar-refractivity contribution in [2.75, 3.05) is 6.54 Å². The summed E-state index contributed by atoms with van der Waals surface area (Å²) in [6.45, 7) is 2.97. The number of rotatable bonds is 5. The van der Waals surface area contributed by atoms with Crippen LogP contribution in [0.15, 0.2) is 44.0 Å². The van der Waals surface area contributed by atoms with Crippen LogP contribution >= 0.6 is 47.8 Å². The van der Waals surface area contributed by atoms with Gasteiger partial charge in [-0.05, 0) is 72.5 Å². The van der Waals surface area contributed by atoms with Gasteiger partial charge in [-0.3, -0.25) is 9.97 Å². The van der Waals surface area contributed by atoms with Gasteiger partial charge >= 0.3 is 0 Å². The molecular weight excluding hydrogens is 450 g/mol. The zero-order chi connectivity index (χ0) is 14.5. The van der Waals surface area contributed by atoms with E-state index in [-0.39, 0.29) is 6.04 Å². The minimum Gasteiger partial charge on any atom is -0.309 e. The van der Waals surface area contributed by atoms with Crippen molar-refractivity contribution in [1.29, 1.82) is 0 Å². The highest BCUT2D eigenvalue weighted by Gasteiger charge is 2.16. The predicted molar refractivity (Wildman–Crippen MR) is 91.7 cm³/mol. The maximum atomic E-state index is 4.52. The Morgan fingerprint density at radius 1 is 1.10 bits per heavy atom. The molecule has 0 spiro atoms. The molecule has 0 aliphatic heterocycles. The molecule has 2 rings (SSSR count). The first-order valence-corrected chi connectivity index (χ1v) is 8.62. The van der Waals surface area contributed by atoms with E-state index in [1.54, 1.807) is 0 Å². The fourth-order valence-electron chi connectivity index (χ4n) is 1.93. The standard InChI is InChI=1S/C14H14Br3N3/c1-2-18-13(6-11-4-3-9(15)7-19-11)14-12(17)5-10(16)8-20-14/h3-5,7-8,13,18H,2,6H2,1H3. The van der Waals surface area contributed by atoms with Gasteiger partial charge in [-0.15, -0.1) is 0 Å². The van der Waals surface area contributed by atoms with Gasteiger partial charge in [0, 0.05) is 37.9 Å². The molecule has 0 saturated heterocycles. The van der Waals surface area contributed by atoms with Crippen LogP contribution in [-0.2, 0) is 6.42 Å². The summed E-state index contributed by atoms with van der Waals surface area (Å²) in [6, 6.07) is 6.19. The van der Waals surface area contributed by atoms with Gasteiger partial charge in [0.1, 0.15) is 0 Å². The van der Waals surface area contributed by atoms with Crippen LogP contribution in [0, 0.1) is 0 Å². The Morgan fingerprint density at radius 3 is 2.45 bits per heavy atom. The zero-order valence-corrected chi connectivity index (χ0v) is 15.7. The van der Waals surface area contributed by atoms with Gasteiger partial charge in [0.15, 0.2) is 0 Å². The molecule has 2 aromatic rings. The molecule has 2 aromatic heterocycles. The molecule has 0 aliphatic carbocycles. The van der Waals surface area contributed by atoms with Gasteiger partial charge in [-0.2, -0.15) is 0 Å². The highest BCUT2D eigenvalue weighted by Crippen LogP contribution is 2.26. The first-order chi connectivity index (χ1) is 9.60. The van der Waals surface area contributed by atoms with E-state index >= 15 is 0 Å². The Kier molecular flexibility index (Phi) is 6.14. The maximum Gasteiger partial charge on any atom is 0.0719 e. The molecule has 1 unspecified atom stereocenters. The van der Waals surface area contributed by atoms with Gasteiger partial charge in [0.25, 0.3) is 0 Å². The van der Waals surface area contributed by atoms with Crippen molar-refractivity contribution < 1.29 is 0 Å². The number of likely N-dealkylation sites (N-methyl/N-ethyl adjacent to an activating group) is 1. The second-order valence-corrected chi connectivity index (χ2v) is 6.99. The first kappa shape index (κ1) is 16.1. The normalized spacial score (nSPS) is 12.4. The van der Waals surface area contributed by atoms with Crippen LogP contribution < -0.4 is 5.32 Å². The number of pyridine rings is 2. The number of hydrogen-bond acceptors (Lipinski definition) is 3. The Labute approximate surface area is 144 Å². The second kappa shape index (κ2) is 7.64. The van der Waals surface area contributed by atoms with Gasteiger partial charge in [0.05, 0.1) is 11.7 Å². The van der Waals surface area contributed by atoms with Crippen LogP contribution in [0.4, 0.5) is 0 Å². The van der Waals surface area contributed by atoms with E-state index in [2.05, 4.69) is 70.0 Å². The minimum absolute atomic E-state index is 0.135. The van der Waals surface area contributed by atoms with Gasteiger partial charge in [-0.1, -0.05) is 6.92 Å². The first-order valence-electron chi connectivity index (χ1n) is 6.25. The molecule has 2 heterocycles. The Morgan fingerprint density at radius 2 is 1.85 bits per heavy atom. The number of aromatic nitrogens is 2. The van der Waals surface area contributed by atoms with Gasteiger partial charge in [0.2, 0.25) is 0 Å². The predicted octanol–water partition coefficient (Wildman–Crippen LogP) is 4.66. The fourth-order valence-corrected chi connectivity index (χ4v) is 3.43. The molecule has 0 fully saturated rings. The summed E-state index contributed by atoms with van der Waals surface area (Å²) < 4.78 is 2.95. The van der Waals surface area contributed by atoms with Crippen LogP contribution in [0.25, 0.3) is 0 Å². The van der Waals surface area contributed by atoms with Crippen LogP contribution in [0.1, 0.15) is 24.4 Å². The van der Waals surface area contributed by atoms with Crippen LogP contribution in [-0.4, -0.2) is 16.5 Å². The van der Waals surface area contributed by atoms with E-state index in [0.717, 1.165) is 37.8 Å². The summed E-state index contributed by atoms with van der Waals surface area (Å²) in [4.78, 5) is 8.95. The third-order valence-corrected chi connectivity index (χ3v) is 4.36. The maximum absolute atomic E-state index is 4.52. The molecule has 20 heavy (non-hydrogen) atoms. The van der Waals surface area contributed by atoms with E-state index in [1.807, 2.05) is 30.6 Å².